The van der Waals surface area contributed by atoms with Crippen LogP contribution in [0.3, 0.4) is 0 Å². The highest BCUT2D eigenvalue weighted by Gasteiger charge is 2.14. The van der Waals surface area contributed by atoms with Crippen LogP contribution in [0.1, 0.15) is 10.4 Å². The van der Waals surface area contributed by atoms with Crippen LogP contribution in [0, 0.1) is 0 Å². The second kappa shape index (κ2) is 7.05. The average molecular weight is 380 g/mol. The first-order chi connectivity index (χ1) is 13.2. The molecule has 0 aliphatic carbocycles. The number of hydrogen-bond donors (Lipinski definition) is 1. The van der Waals surface area contributed by atoms with E-state index in [2.05, 4.69) is 20.4 Å². The minimum absolute atomic E-state index is 0.323. The lowest BCUT2D eigenvalue weighted by molar-refractivity contribution is 0.102. The Balaban J connectivity index is 1.54. The molecule has 8 heteroatoms. The second-order valence-corrected chi connectivity index (χ2v) is 6.09. The van der Waals surface area contributed by atoms with Crippen LogP contribution in [-0.2, 0) is 0 Å². The van der Waals surface area contributed by atoms with E-state index in [9.17, 15) is 4.79 Å². The van der Waals surface area contributed by atoms with Gasteiger partial charge in [-0.3, -0.25) is 4.79 Å². The molecule has 27 heavy (non-hydrogen) atoms. The van der Waals surface area contributed by atoms with Gasteiger partial charge in [-0.05, 0) is 35.9 Å². The number of fused-ring (bicyclic) bond motifs is 1. The van der Waals surface area contributed by atoms with Crippen LogP contribution in [0.15, 0.2) is 61.2 Å². The molecule has 0 unspecified atom stereocenters. The van der Waals surface area contributed by atoms with E-state index in [1.54, 1.807) is 54.5 Å². The number of anilines is 1. The van der Waals surface area contributed by atoms with Crippen LogP contribution in [0.25, 0.3) is 16.8 Å². The van der Waals surface area contributed by atoms with Gasteiger partial charge in [0.15, 0.2) is 5.65 Å². The molecule has 1 N–H and O–H groups in total. The zero-order valence-electron chi connectivity index (χ0n) is 14.3. The topological polar surface area (TPSA) is 81.4 Å². The monoisotopic (exact) mass is 379 g/mol. The third-order valence-electron chi connectivity index (χ3n) is 4.01. The summed E-state index contributed by atoms with van der Waals surface area (Å²) < 4.78 is 6.70. The van der Waals surface area contributed by atoms with Crippen molar-refractivity contribution in [3.63, 3.8) is 0 Å². The maximum Gasteiger partial charge on any atom is 0.262 e. The Labute approximate surface area is 159 Å². The van der Waals surface area contributed by atoms with Crippen molar-refractivity contribution in [1.82, 2.24) is 19.6 Å². The third-order valence-corrected chi connectivity index (χ3v) is 4.31. The minimum Gasteiger partial charge on any atom is -0.495 e. The van der Waals surface area contributed by atoms with Crippen molar-refractivity contribution in [1.29, 1.82) is 0 Å². The molecule has 0 fully saturated rings. The molecule has 0 saturated carbocycles. The van der Waals surface area contributed by atoms with Gasteiger partial charge in [-0.2, -0.15) is 5.10 Å². The van der Waals surface area contributed by atoms with E-state index in [0.29, 0.717) is 27.8 Å². The summed E-state index contributed by atoms with van der Waals surface area (Å²) in [5.74, 6) is 0.717. The summed E-state index contributed by atoms with van der Waals surface area (Å²) in [6.45, 7) is 0. The van der Waals surface area contributed by atoms with Crippen LogP contribution < -0.4 is 10.1 Å². The highest BCUT2D eigenvalue weighted by atomic mass is 35.5. The maximum atomic E-state index is 12.5. The predicted octanol–water partition coefficient (Wildman–Crippen LogP) is 3.71. The Morgan fingerprint density at radius 3 is 2.74 bits per heavy atom. The number of benzene rings is 1. The number of nitrogens with zero attached hydrogens (tertiary/aromatic N) is 4. The van der Waals surface area contributed by atoms with Gasteiger partial charge in [0.2, 0.25) is 0 Å². The fourth-order valence-electron chi connectivity index (χ4n) is 2.66. The number of hydrogen-bond acceptors (Lipinski definition) is 5. The number of rotatable bonds is 4. The zero-order valence-corrected chi connectivity index (χ0v) is 15.0. The van der Waals surface area contributed by atoms with Gasteiger partial charge in [-0.1, -0.05) is 17.7 Å². The number of carbonyl (C=O) groups is 1. The van der Waals surface area contributed by atoms with E-state index in [4.69, 9.17) is 16.3 Å². The molecular weight excluding hydrogens is 366 g/mol. The van der Waals surface area contributed by atoms with Gasteiger partial charge in [0.25, 0.3) is 5.91 Å². The van der Waals surface area contributed by atoms with E-state index in [-0.39, 0.29) is 5.91 Å². The summed E-state index contributed by atoms with van der Waals surface area (Å²) in [6.07, 6.45) is 6.49. The summed E-state index contributed by atoms with van der Waals surface area (Å²) in [7, 11) is 1.57. The van der Waals surface area contributed by atoms with Crippen molar-refractivity contribution in [3.8, 4) is 16.9 Å². The molecule has 4 aromatic rings. The number of halogens is 1. The van der Waals surface area contributed by atoms with Crippen molar-refractivity contribution in [3.05, 3.63) is 71.8 Å². The Morgan fingerprint density at radius 1 is 1.15 bits per heavy atom. The summed E-state index contributed by atoms with van der Waals surface area (Å²) >= 11 is 6.17. The van der Waals surface area contributed by atoms with E-state index < -0.39 is 0 Å². The largest absolute Gasteiger partial charge is 0.495 e. The summed E-state index contributed by atoms with van der Waals surface area (Å²) in [5, 5.41) is 7.38. The molecule has 1 amide bonds. The fraction of sp³-hybridized carbons (Fsp3) is 0.0526. The van der Waals surface area contributed by atoms with Gasteiger partial charge in [-0.25, -0.2) is 14.5 Å². The molecule has 3 aromatic heterocycles. The molecule has 0 aliphatic rings. The van der Waals surface area contributed by atoms with Crippen LogP contribution in [0.5, 0.6) is 5.75 Å². The zero-order chi connectivity index (χ0) is 18.8. The third kappa shape index (κ3) is 3.32. The van der Waals surface area contributed by atoms with Gasteiger partial charge in [0.05, 0.1) is 18.3 Å². The smallest absolute Gasteiger partial charge is 0.262 e. The molecule has 3 heterocycles. The van der Waals surface area contributed by atoms with Crippen molar-refractivity contribution in [2.24, 2.45) is 0 Å². The lowest BCUT2D eigenvalue weighted by atomic mass is 10.1. The summed E-state index contributed by atoms with van der Waals surface area (Å²) in [5.41, 5.74) is 2.64. The molecule has 1 aromatic carbocycles. The van der Waals surface area contributed by atoms with Crippen LogP contribution in [0.2, 0.25) is 5.02 Å². The number of methoxy groups -OCH3 is 1. The van der Waals surface area contributed by atoms with Crippen molar-refractivity contribution < 1.29 is 9.53 Å². The summed E-state index contributed by atoms with van der Waals surface area (Å²) in [6, 6.07) is 10.8. The number of pyridine rings is 1. The van der Waals surface area contributed by atoms with Crippen molar-refractivity contribution in [2.75, 3.05) is 12.4 Å². The highest BCUT2D eigenvalue weighted by Crippen LogP contribution is 2.30. The lowest BCUT2D eigenvalue weighted by Crippen LogP contribution is -2.13. The quantitative estimate of drug-likeness (QED) is 0.584. The van der Waals surface area contributed by atoms with Crippen LogP contribution in [0.4, 0.5) is 5.82 Å². The number of aromatic nitrogens is 4. The molecule has 0 bridgehead atoms. The maximum absolute atomic E-state index is 12.5. The first-order valence-electron chi connectivity index (χ1n) is 8.05. The molecule has 0 aliphatic heterocycles. The number of ether oxygens (including phenoxy) is 1. The van der Waals surface area contributed by atoms with E-state index in [1.807, 2.05) is 12.1 Å². The van der Waals surface area contributed by atoms with E-state index >= 15 is 0 Å². The Bertz CT molecular complexity index is 1120. The van der Waals surface area contributed by atoms with Gasteiger partial charge in [-0.15, -0.1) is 0 Å². The summed E-state index contributed by atoms with van der Waals surface area (Å²) in [4.78, 5) is 21.0. The Morgan fingerprint density at radius 2 is 2.00 bits per heavy atom. The van der Waals surface area contributed by atoms with E-state index in [1.165, 1.54) is 6.20 Å². The van der Waals surface area contributed by atoms with Crippen LogP contribution in [-0.4, -0.2) is 32.6 Å². The van der Waals surface area contributed by atoms with Crippen molar-refractivity contribution in [2.45, 2.75) is 0 Å². The lowest BCUT2D eigenvalue weighted by Gasteiger charge is -2.07. The molecule has 0 spiro atoms. The molecule has 0 radical (unpaired) electrons. The van der Waals surface area contributed by atoms with Gasteiger partial charge in [0, 0.05) is 24.2 Å². The fourth-order valence-corrected chi connectivity index (χ4v) is 2.91. The average Bonchev–Trinajstić information content (AvgIpc) is 3.13. The molecule has 0 saturated heterocycles. The number of amides is 1. The molecule has 4 rings (SSSR count). The van der Waals surface area contributed by atoms with Gasteiger partial charge < -0.3 is 10.1 Å². The molecule has 7 nitrogen and oxygen atoms in total. The SMILES string of the molecule is COc1ccc(-c2ccc(NC(=O)c3cnn4cccnc34)nc2)cc1Cl. The second-order valence-electron chi connectivity index (χ2n) is 5.68. The number of carbonyl (C=O) groups excluding carboxylic acids is 1. The van der Waals surface area contributed by atoms with Crippen molar-refractivity contribution >= 4 is 29.0 Å². The standard InChI is InChI=1S/C19H14ClN5O2/c1-27-16-5-3-12(9-15(16)20)13-4-6-17(22-10-13)24-19(26)14-11-23-25-8-2-7-21-18(14)25/h2-11H,1H3,(H,22,24,26). The first kappa shape index (κ1) is 17.0. The molecule has 134 valence electrons. The highest BCUT2D eigenvalue weighted by molar-refractivity contribution is 6.32. The minimum atomic E-state index is -0.323. The van der Waals surface area contributed by atoms with E-state index in [0.717, 1.165) is 11.1 Å². The van der Waals surface area contributed by atoms with Crippen LogP contribution >= 0.6 is 11.6 Å². The molecule has 0 atom stereocenters. The molecular formula is C19H14ClN5O2. The van der Waals surface area contributed by atoms with Gasteiger partial charge in [0.1, 0.15) is 17.1 Å². The number of nitrogens with one attached hydrogen (secondary N) is 1. The first-order valence-corrected chi connectivity index (χ1v) is 8.43. The normalized spacial score (nSPS) is 10.7. The van der Waals surface area contributed by atoms with Gasteiger partial charge >= 0.3 is 0 Å². The predicted molar refractivity (Wildman–Crippen MR) is 102 cm³/mol. The Hall–Kier alpha value is -3.45. The Kier molecular flexibility index (Phi) is 4.43.